The second kappa shape index (κ2) is 7.58. The molecule has 0 aliphatic heterocycles. The Morgan fingerprint density at radius 3 is 2.30 bits per heavy atom. The van der Waals surface area contributed by atoms with Crippen molar-refractivity contribution < 1.29 is 15.0 Å². The number of phenols is 2. The average Bonchev–Trinajstić information content (AvgIpc) is 2.68. The van der Waals surface area contributed by atoms with Crippen LogP contribution in [-0.2, 0) is 0 Å². The maximum absolute atomic E-state index is 12.3. The first-order valence-electron chi connectivity index (χ1n) is 8.21. The number of hydrogen-bond acceptors (Lipinski definition) is 4. The van der Waals surface area contributed by atoms with Gasteiger partial charge in [-0.15, -0.1) is 0 Å². The van der Waals surface area contributed by atoms with Crippen LogP contribution in [0.2, 0.25) is 0 Å². The van der Waals surface area contributed by atoms with Crippen LogP contribution in [0.25, 0.3) is 22.9 Å². The minimum Gasteiger partial charge on any atom is -0.507 e. The molecule has 3 rings (SSSR count). The summed E-state index contributed by atoms with van der Waals surface area (Å²) in [6.07, 6.45) is 4.46. The summed E-state index contributed by atoms with van der Waals surface area (Å²) in [6.45, 7) is 7.36. The standard InChI is InChI=1S/C22H18N2O3/c1-3-14-9-10-17(21(26)18(14)4-2)13-23-24-22(27)19-11-15-7-5-6-8-16(15)12-20(19)25/h3-13,25-26H,1-2H2,(H,24,27)/b23-13+. The van der Waals surface area contributed by atoms with Gasteiger partial charge in [-0.05, 0) is 34.5 Å². The number of fused-ring (bicyclic) bond motifs is 1. The van der Waals surface area contributed by atoms with E-state index in [0.29, 0.717) is 11.1 Å². The third kappa shape index (κ3) is 3.57. The minimum atomic E-state index is -0.555. The van der Waals surface area contributed by atoms with E-state index in [2.05, 4.69) is 23.7 Å². The molecule has 3 aromatic carbocycles. The number of nitrogens with one attached hydrogen (secondary N) is 1. The second-order valence-electron chi connectivity index (χ2n) is 5.83. The molecule has 0 fully saturated rings. The number of carbonyl (C=O) groups excluding carboxylic acids is 1. The molecule has 0 saturated heterocycles. The topological polar surface area (TPSA) is 81.9 Å². The van der Waals surface area contributed by atoms with Gasteiger partial charge in [-0.1, -0.05) is 55.6 Å². The van der Waals surface area contributed by atoms with Crippen LogP contribution < -0.4 is 5.43 Å². The number of hydrogen-bond donors (Lipinski definition) is 3. The summed E-state index contributed by atoms with van der Waals surface area (Å²) in [5, 5.41) is 25.9. The van der Waals surface area contributed by atoms with Gasteiger partial charge < -0.3 is 10.2 Å². The summed E-state index contributed by atoms with van der Waals surface area (Å²) in [4.78, 5) is 12.3. The van der Waals surface area contributed by atoms with Gasteiger partial charge in [0.2, 0.25) is 0 Å². The van der Waals surface area contributed by atoms with Crippen LogP contribution in [0.5, 0.6) is 11.5 Å². The van der Waals surface area contributed by atoms with Crippen molar-refractivity contribution in [1.82, 2.24) is 5.43 Å². The Morgan fingerprint density at radius 1 is 0.963 bits per heavy atom. The lowest BCUT2D eigenvalue weighted by atomic mass is 10.0. The lowest BCUT2D eigenvalue weighted by Crippen LogP contribution is -2.17. The molecule has 0 unspecified atom stereocenters. The molecule has 5 heteroatoms. The van der Waals surface area contributed by atoms with E-state index in [0.717, 1.165) is 16.3 Å². The third-order valence-electron chi connectivity index (χ3n) is 4.18. The number of rotatable bonds is 5. The Bertz CT molecular complexity index is 1080. The number of aromatic hydroxyl groups is 2. The second-order valence-corrected chi connectivity index (χ2v) is 5.83. The Kier molecular flexibility index (Phi) is 5.04. The summed E-state index contributed by atoms with van der Waals surface area (Å²) in [7, 11) is 0. The number of carbonyl (C=O) groups is 1. The lowest BCUT2D eigenvalue weighted by Gasteiger charge is -2.08. The first kappa shape index (κ1) is 17.9. The third-order valence-corrected chi connectivity index (χ3v) is 4.18. The van der Waals surface area contributed by atoms with Crippen LogP contribution in [0.4, 0.5) is 0 Å². The highest BCUT2D eigenvalue weighted by Crippen LogP contribution is 2.27. The van der Waals surface area contributed by atoms with Crippen molar-refractivity contribution in [3.05, 3.63) is 83.9 Å². The molecule has 0 atom stereocenters. The van der Waals surface area contributed by atoms with Crippen molar-refractivity contribution in [2.24, 2.45) is 5.10 Å². The van der Waals surface area contributed by atoms with Crippen molar-refractivity contribution in [1.29, 1.82) is 0 Å². The van der Waals surface area contributed by atoms with E-state index in [4.69, 9.17) is 0 Å². The smallest absolute Gasteiger partial charge is 0.275 e. The fourth-order valence-electron chi connectivity index (χ4n) is 2.77. The molecule has 3 N–H and O–H groups in total. The van der Waals surface area contributed by atoms with E-state index in [9.17, 15) is 15.0 Å². The van der Waals surface area contributed by atoms with Crippen molar-refractivity contribution in [3.8, 4) is 11.5 Å². The monoisotopic (exact) mass is 358 g/mol. The summed E-state index contributed by atoms with van der Waals surface area (Å²) in [5.74, 6) is -0.692. The highest BCUT2D eigenvalue weighted by atomic mass is 16.3. The zero-order chi connectivity index (χ0) is 19.4. The number of amides is 1. The number of nitrogens with zero attached hydrogens (tertiary/aromatic N) is 1. The molecule has 0 heterocycles. The van der Waals surface area contributed by atoms with Crippen molar-refractivity contribution in [2.45, 2.75) is 0 Å². The summed E-state index contributed by atoms with van der Waals surface area (Å²) in [6, 6.07) is 14.0. The quantitative estimate of drug-likeness (QED) is 0.470. The maximum atomic E-state index is 12.3. The van der Waals surface area contributed by atoms with Gasteiger partial charge in [-0.3, -0.25) is 4.79 Å². The SMILES string of the molecule is C=Cc1ccc(/C=N/NC(=O)c2cc3ccccc3cc2O)c(O)c1C=C. The van der Waals surface area contributed by atoms with E-state index < -0.39 is 5.91 Å². The summed E-state index contributed by atoms with van der Waals surface area (Å²) >= 11 is 0. The zero-order valence-corrected chi connectivity index (χ0v) is 14.5. The van der Waals surface area contributed by atoms with Crippen LogP contribution in [0, 0.1) is 0 Å². The zero-order valence-electron chi connectivity index (χ0n) is 14.5. The predicted octanol–water partition coefficient (Wildman–Crippen LogP) is 4.30. The minimum absolute atomic E-state index is 0.00560. The van der Waals surface area contributed by atoms with Crippen molar-refractivity contribution in [3.63, 3.8) is 0 Å². The van der Waals surface area contributed by atoms with Gasteiger partial charge in [-0.25, -0.2) is 5.43 Å². The molecule has 0 radical (unpaired) electrons. The number of hydrazone groups is 1. The van der Waals surface area contributed by atoms with Gasteiger partial charge >= 0.3 is 0 Å². The molecule has 0 bridgehead atoms. The van der Waals surface area contributed by atoms with Gasteiger partial charge in [-0.2, -0.15) is 5.10 Å². The Balaban J connectivity index is 1.83. The van der Waals surface area contributed by atoms with Gasteiger partial charge in [0.15, 0.2) is 0 Å². The Labute approximate surface area is 156 Å². The number of benzene rings is 3. The molecule has 0 spiro atoms. The van der Waals surface area contributed by atoms with E-state index in [1.807, 2.05) is 24.3 Å². The fraction of sp³-hybridized carbons (Fsp3) is 0. The van der Waals surface area contributed by atoms with Gasteiger partial charge in [0.1, 0.15) is 11.5 Å². The lowest BCUT2D eigenvalue weighted by molar-refractivity contribution is 0.0952. The molecule has 1 amide bonds. The van der Waals surface area contributed by atoms with Crippen LogP contribution in [0.3, 0.4) is 0 Å². The van der Waals surface area contributed by atoms with Gasteiger partial charge in [0.05, 0.1) is 11.8 Å². The Morgan fingerprint density at radius 2 is 1.63 bits per heavy atom. The van der Waals surface area contributed by atoms with Crippen LogP contribution in [0.15, 0.2) is 66.8 Å². The highest BCUT2D eigenvalue weighted by Gasteiger charge is 2.12. The van der Waals surface area contributed by atoms with Gasteiger partial charge in [0.25, 0.3) is 5.91 Å². The molecule has 134 valence electrons. The molecule has 0 saturated carbocycles. The molecular formula is C22H18N2O3. The van der Waals surface area contributed by atoms with Crippen molar-refractivity contribution in [2.75, 3.05) is 0 Å². The first-order chi connectivity index (χ1) is 13.0. The molecule has 5 nitrogen and oxygen atoms in total. The van der Waals surface area contributed by atoms with E-state index in [-0.39, 0.29) is 17.1 Å². The van der Waals surface area contributed by atoms with E-state index >= 15 is 0 Å². The largest absolute Gasteiger partial charge is 0.507 e. The molecule has 3 aromatic rings. The molecule has 0 aliphatic rings. The summed E-state index contributed by atoms with van der Waals surface area (Å²) in [5.41, 5.74) is 4.16. The molecular weight excluding hydrogens is 340 g/mol. The van der Waals surface area contributed by atoms with Crippen LogP contribution in [-0.4, -0.2) is 22.3 Å². The molecule has 0 aliphatic carbocycles. The van der Waals surface area contributed by atoms with Crippen LogP contribution in [0.1, 0.15) is 27.0 Å². The maximum Gasteiger partial charge on any atom is 0.275 e. The van der Waals surface area contributed by atoms with Crippen molar-refractivity contribution >= 4 is 35.0 Å². The first-order valence-corrected chi connectivity index (χ1v) is 8.21. The summed E-state index contributed by atoms with van der Waals surface area (Å²) < 4.78 is 0. The van der Waals surface area contributed by atoms with E-state index in [1.165, 1.54) is 18.4 Å². The van der Waals surface area contributed by atoms with Gasteiger partial charge in [0, 0.05) is 11.1 Å². The highest BCUT2D eigenvalue weighted by molar-refractivity contribution is 6.02. The molecule has 0 aromatic heterocycles. The Hall–Kier alpha value is -3.86. The van der Waals surface area contributed by atoms with E-state index in [1.54, 1.807) is 24.3 Å². The number of phenolic OH excluding ortho intramolecular Hbond substituents is 2. The average molecular weight is 358 g/mol. The van der Waals surface area contributed by atoms with Crippen LogP contribution >= 0.6 is 0 Å². The fourth-order valence-corrected chi connectivity index (χ4v) is 2.77. The molecule has 27 heavy (non-hydrogen) atoms. The normalized spacial score (nSPS) is 10.8. The predicted molar refractivity (Wildman–Crippen MR) is 109 cm³/mol.